The van der Waals surface area contributed by atoms with E-state index in [1.54, 1.807) is 13.2 Å². The molecule has 0 radical (unpaired) electrons. The molecule has 150 valence electrons. The van der Waals surface area contributed by atoms with Gasteiger partial charge in [0.2, 0.25) is 0 Å². The fraction of sp³-hybridized carbons (Fsp3) is 0.435. The summed E-state index contributed by atoms with van der Waals surface area (Å²) in [4.78, 5) is 16.8. The number of rotatable bonds is 7. The van der Waals surface area contributed by atoms with Crippen LogP contribution in [0.5, 0.6) is 5.75 Å². The lowest BCUT2D eigenvalue weighted by atomic mass is 9.95. The minimum atomic E-state index is -0.115. The van der Waals surface area contributed by atoms with Crippen LogP contribution in [-0.4, -0.2) is 56.0 Å². The molecule has 0 spiro atoms. The van der Waals surface area contributed by atoms with Crippen molar-refractivity contribution in [3.05, 3.63) is 65.5 Å². The second-order valence-corrected chi connectivity index (χ2v) is 7.54. The normalized spacial score (nSPS) is 15.4. The smallest absolute Gasteiger partial charge is 0.253 e. The minimum absolute atomic E-state index is 0.0460. The molecule has 0 aliphatic carbocycles. The van der Waals surface area contributed by atoms with Crippen LogP contribution in [0.3, 0.4) is 0 Å². The molecule has 1 amide bonds. The average Bonchev–Trinajstić information content (AvgIpc) is 2.73. The molecular formula is C23H29FN2O2. The molecule has 28 heavy (non-hydrogen) atoms. The van der Waals surface area contributed by atoms with Gasteiger partial charge in [-0.25, -0.2) is 4.39 Å². The highest BCUT2D eigenvalue weighted by Crippen LogP contribution is 2.20. The Morgan fingerprint density at radius 3 is 2.46 bits per heavy atom. The first-order valence-corrected chi connectivity index (χ1v) is 9.92. The van der Waals surface area contributed by atoms with Crippen molar-refractivity contribution in [2.75, 3.05) is 40.3 Å². The predicted molar refractivity (Wildman–Crippen MR) is 109 cm³/mol. The lowest BCUT2D eigenvalue weighted by Gasteiger charge is -2.34. The number of carbonyl (C=O) groups is 1. The van der Waals surface area contributed by atoms with Gasteiger partial charge in [0.15, 0.2) is 0 Å². The molecule has 0 saturated carbocycles. The molecule has 1 saturated heterocycles. The number of methoxy groups -OCH3 is 1. The number of piperidine rings is 1. The van der Waals surface area contributed by atoms with E-state index in [-0.39, 0.29) is 11.7 Å². The minimum Gasteiger partial charge on any atom is -0.497 e. The summed E-state index contributed by atoms with van der Waals surface area (Å²) in [5, 5.41) is 0. The Balaban J connectivity index is 1.43. The highest BCUT2D eigenvalue weighted by atomic mass is 19.1. The number of nitrogens with zero attached hydrogens (tertiary/aromatic N) is 2. The number of hydrogen-bond donors (Lipinski definition) is 0. The van der Waals surface area contributed by atoms with Crippen molar-refractivity contribution >= 4 is 5.91 Å². The van der Waals surface area contributed by atoms with Crippen molar-refractivity contribution in [1.29, 1.82) is 0 Å². The van der Waals surface area contributed by atoms with Gasteiger partial charge < -0.3 is 14.5 Å². The third-order valence-electron chi connectivity index (χ3n) is 5.58. The van der Waals surface area contributed by atoms with Gasteiger partial charge in [0.1, 0.15) is 11.6 Å². The van der Waals surface area contributed by atoms with E-state index in [1.165, 1.54) is 6.07 Å². The number of benzene rings is 2. The van der Waals surface area contributed by atoms with Crippen LogP contribution in [-0.2, 0) is 6.42 Å². The molecule has 0 N–H and O–H groups in total. The summed E-state index contributed by atoms with van der Waals surface area (Å²) in [5.74, 6) is 1.19. The number of carbonyl (C=O) groups excluding carboxylic acids is 1. The van der Waals surface area contributed by atoms with Crippen LogP contribution in [0.1, 0.15) is 28.8 Å². The van der Waals surface area contributed by atoms with Gasteiger partial charge in [0.05, 0.1) is 7.11 Å². The number of ether oxygens (including phenoxy) is 1. The van der Waals surface area contributed by atoms with E-state index in [1.807, 2.05) is 48.3 Å². The maximum absolute atomic E-state index is 13.7. The second-order valence-electron chi connectivity index (χ2n) is 7.54. The van der Waals surface area contributed by atoms with Gasteiger partial charge in [-0.05, 0) is 74.2 Å². The van der Waals surface area contributed by atoms with Crippen molar-refractivity contribution in [3.8, 4) is 5.75 Å². The summed E-state index contributed by atoms with van der Waals surface area (Å²) in [6.07, 6.45) is 2.88. The summed E-state index contributed by atoms with van der Waals surface area (Å²) in [6, 6.07) is 14.3. The largest absolute Gasteiger partial charge is 0.497 e. The second kappa shape index (κ2) is 9.69. The van der Waals surface area contributed by atoms with Crippen LogP contribution < -0.4 is 4.74 Å². The van der Waals surface area contributed by atoms with Crippen LogP contribution >= 0.6 is 0 Å². The molecule has 0 atom stereocenters. The van der Waals surface area contributed by atoms with Crippen LogP contribution in [0.15, 0.2) is 48.5 Å². The highest BCUT2D eigenvalue weighted by Gasteiger charge is 2.22. The molecule has 1 fully saturated rings. The predicted octanol–water partition coefficient (Wildman–Crippen LogP) is 3.86. The topological polar surface area (TPSA) is 32.8 Å². The van der Waals surface area contributed by atoms with Gasteiger partial charge in [0, 0.05) is 25.7 Å². The Labute approximate surface area is 166 Å². The zero-order chi connectivity index (χ0) is 19.9. The van der Waals surface area contributed by atoms with Gasteiger partial charge in [-0.15, -0.1) is 0 Å². The van der Waals surface area contributed by atoms with Crippen LogP contribution in [0.2, 0.25) is 0 Å². The molecule has 1 aliphatic heterocycles. The lowest BCUT2D eigenvalue weighted by molar-refractivity contribution is 0.0740. The molecule has 1 aliphatic rings. The number of halogens is 1. The fourth-order valence-electron chi connectivity index (χ4n) is 3.80. The lowest BCUT2D eigenvalue weighted by Crippen LogP contribution is -2.40. The van der Waals surface area contributed by atoms with Crippen LogP contribution in [0.4, 0.5) is 4.39 Å². The summed E-state index contributed by atoms with van der Waals surface area (Å²) in [5.41, 5.74) is 1.47. The van der Waals surface area contributed by atoms with Crippen molar-refractivity contribution in [2.24, 2.45) is 5.92 Å². The zero-order valence-corrected chi connectivity index (χ0v) is 16.7. The fourth-order valence-corrected chi connectivity index (χ4v) is 3.80. The summed E-state index contributed by atoms with van der Waals surface area (Å²) < 4.78 is 18.9. The van der Waals surface area contributed by atoms with Crippen molar-refractivity contribution in [3.63, 3.8) is 0 Å². The standard InChI is InChI=1S/C23H29FN2O2/c1-25(23(27)20-7-9-21(28-2)10-8-20)17-18-11-14-26(15-12-18)16-13-19-5-3-4-6-22(19)24/h3-10,18H,11-17H2,1-2H3. The molecule has 2 aromatic rings. The summed E-state index contributed by atoms with van der Waals surface area (Å²) in [6.45, 7) is 3.66. The third-order valence-corrected chi connectivity index (χ3v) is 5.58. The van der Waals surface area contributed by atoms with Gasteiger partial charge >= 0.3 is 0 Å². The Morgan fingerprint density at radius 1 is 1.14 bits per heavy atom. The van der Waals surface area contributed by atoms with Gasteiger partial charge in [0.25, 0.3) is 5.91 Å². The monoisotopic (exact) mass is 384 g/mol. The Bertz CT molecular complexity index is 770. The van der Waals surface area contributed by atoms with Crippen LogP contribution in [0.25, 0.3) is 0 Å². The first-order chi connectivity index (χ1) is 13.6. The van der Waals surface area contributed by atoms with E-state index in [9.17, 15) is 9.18 Å². The van der Waals surface area contributed by atoms with E-state index < -0.39 is 0 Å². The molecule has 0 unspecified atom stereocenters. The van der Waals surface area contributed by atoms with E-state index in [2.05, 4.69) is 4.90 Å². The maximum Gasteiger partial charge on any atom is 0.253 e. The first-order valence-electron chi connectivity index (χ1n) is 9.92. The van der Waals surface area contributed by atoms with E-state index in [4.69, 9.17) is 4.74 Å². The van der Waals surface area contributed by atoms with Crippen LogP contribution in [0, 0.1) is 11.7 Å². The molecule has 5 heteroatoms. The van der Waals surface area contributed by atoms with Crippen molar-refractivity contribution in [2.45, 2.75) is 19.3 Å². The molecule has 3 rings (SSSR count). The van der Waals surface area contributed by atoms with Crippen molar-refractivity contribution in [1.82, 2.24) is 9.80 Å². The van der Waals surface area contributed by atoms with Crippen molar-refractivity contribution < 1.29 is 13.9 Å². The number of hydrogen-bond acceptors (Lipinski definition) is 3. The molecule has 4 nitrogen and oxygen atoms in total. The molecule has 0 bridgehead atoms. The van der Waals surface area contributed by atoms with Gasteiger partial charge in [-0.2, -0.15) is 0 Å². The third kappa shape index (κ3) is 5.32. The Kier molecular flexibility index (Phi) is 7.04. The van der Waals surface area contributed by atoms with E-state index in [0.717, 1.165) is 56.8 Å². The Hall–Kier alpha value is -2.40. The molecular weight excluding hydrogens is 355 g/mol. The van der Waals surface area contributed by atoms with E-state index in [0.29, 0.717) is 11.5 Å². The first kappa shape index (κ1) is 20.3. The highest BCUT2D eigenvalue weighted by molar-refractivity contribution is 5.94. The summed E-state index contributed by atoms with van der Waals surface area (Å²) in [7, 11) is 3.49. The zero-order valence-electron chi connectivity index (χ0n) is 16.7. The quantitative estimate of drug-likeness (QED) is 0.727. The molecule has 1 heterocycles. The average molecular weight is 384 g/mol. The SMILES string of the molecule is COc1ccc(C(=O)N(C)CC2CCN(CCc3ccccc3F)CC2)cc1. The summed E-state index contributed by atoms with van der Waals surface area (Å²) >= 11 is 0. The Morgan fingerprint density at radius 2 is 1.82 bits per heavy atom. The number of amides is 1. The molecule has 2 aromatic carbocycles. The molecule has 0 aromatic heterocycles. The van der Waals surface area contributed by atoms with Gasteiger partial charge in [-0.3, -0.25) is 4.79 Å². The van der Waals surface area contributed by atoms with E-state index >= 15 is 0 Å². The number of likely N-dealkylation sites (tertiary alicyclic amines) is 1. The maximum atomic E-state index is 13.7. The van der Waals surface area contributed by atoms with Gasteiger partial charge in [-0.1, -0.05) is 18.2 Å².